The summed E-state index contributed by atoms with van der Waals surface area (Å²) in [6.45, 7) is 3.30. The molecule has 0 bridgehead atoms. The molecule has 0 aromatic rings. The van der Waals surface area contributed by atoms with Crippen LogP contribution in [0.15, 0.2) is 16.8 Å². The highest BCUT2D eigenvalue weighted by molar-refractivity contribution is 5.85. The molecule has 0 saturated carbocycles. The molecule has 194 valence electrons. The number of nitrogens with zero attached hydrogens (tertiary/aromatic N) is 1. The van der Waals surface area contributed by atoms with Crippen LogP contribution in [-0.2, 0) is 14.3 Å². The number of aliphatic hydroxyl groups is 1. The Morgan fingerprint density at radius 2 is 1.88 bits per heavy atom. The number of carboxylic acid groups (broad SMARTS) is 2. The number of amides is 2. The summed E-state index contributed by atoms with van der Waals surface area (Å²) in [6.07, 6.45) is -2.47. The van der Waals surface area contributed by atoms with Gasteiger partial charge in [0.05, 0.1) is 12.1 Å². The zero-order valence-corrected chi connectivity index (χ0v) is 19.0. The lowest BCUT2D eigenvalue weighted by atomic mass is 9.89. The normalized spacial score (nSPS) is 21.3. The minimum absolute atomic E-state index is 0.294. The number of carbonyl (C=O) groups excluding carboxylic acids is 1. The van der Waals surface area contributed by atoms with Crippen LogP contribution in [0.3, 0.4) is 0 Å². The van der Waals surface area contributed by atoms with Crippen molar-refractivity contribution < 1.29 is 39.2 Å². The summed E-state index contributed by atoms with van der Waals surface area (Å²) in [5.41, 5.74) is 16.2. The summed E-state index contributed by atoms with van der Waals surface area (Å²) in [5, 5.41) is 36.3. The number of aliphatic carboxylic acids is 1. The molecular weight excluding hydrogens is 454 g/mol. The highest BCUT2D eigenvalue weighted by Crippen LogP contribution is 2.28. The number of alkyl carbamates (subject to hydrolysis) is 1. The van der Waals surface area contributed by atoms with Gasteiger partial charge in [0.15, 0.2) is 12.1 Å². The number of aliphatic imine (C=N–C) groups is 1. The van der Waals surface area contributed by atoms with Gasteiger partial charge in [0.2, 0.25) is 5.76 Å². The summed E-state index contributed by atoms with van der Waals surface area (Å²) in [4.78, 5) is 39.3. The minimum atomic E-state index is -1.47. The molecule has 12 N–H and O–H groups in total. The van der Waals surface area contributed by atoms with E-state index in [-0.39, 0.29) is 0 Å². The van der Waals surface area contributed by atoms with Gasteiger partial charge in [-0.3, -0.25) is 0 Å². The van der Waals surface area contributed by atoms with Gasteiger partial charge in [-0.05, 0) is 25.5 Å². The first-order valence-corrected chi connectivity index (χ1v) is 10.8. The fourth-order valence-electron chi connectivity index (χ4n) is 3.27. The second-order valence-electron chi connectivity index (χ2n) is 7.64. The van der Waals surface area contributed by atoms with Crippen molar-refractivity contribution >= 4 is 24.1 Å². The first-order valence-electron chi connectivity index (χ1n) is 10.8. The molecule has 0 aromatic heterocycles. The predicted octanol–water partition coefficient (Wildman–Crippen LogP) is -2.32. The molecule has 1 aliphatic rings. The van der Waals surface area contributed by atoms with Crippen molar-refractivity contribution in [3.63, 3.8) is 0 Å². The third-order valence-corrected chi connectivity index (χ3v) is 4.89. The van der Waals surface area contributed by atoms with Crippen LogP contribution >= 0.6 is 0 Å². The number of hydrogen-bond acceptors (Lipinski definition) is 9. The fourth-order valence-corrected chi connectivity index (χ4v) is 3.27. The van der Waals surface area contributed by atoms with E-state index >= 15 is 0 Å². The molecule has 15 heteroatoms. The van der Waals surface area contributed by atoms with Crippen molar-refractivity contribution in [1.29, 1.82) is 0 Å². The van der Waals surface area contributed by atoms with Crippen molar-refractivity contribution in [3.05, 3.63) is 11.8 Å². The summed E-state index contributed by atoms with van der Waals surface area (Å²) in [7, 11) is 0. The Bertz CT molecular complexity index is 744. The van der Waals surface area contributed by atoms with Crippen LogP contribution in [0, 0.1) is 5.92 Å². The molecule has 0 spiro atoms. The maximum atomic E-state index is 12.4. The van der Waals surface area contributed by atoms with Crippen molar-refractivity contribution in [2.24, 2.45) is 28.1 Å². The number of guanidine groups is 1. The molecule has 0 aromatic carbocycles. The topological polar surface area (TPSA) is 257 Å². The molecule has 0 radical (unpaired) electrons. The van der Waals surface area contributed by atoms with E-state index < -0.39 is 66.7 Å². The first-order chi connectivity index (χ1) is 16.1. The molecule has 0 unspecified atom stereocenters. The molecule has 0 saturated heterocycles. The molecular formula is C19H35N7O8. The van der Waals surface area contributed by atoms with Gasteiger partial charge < -0.3 is 57.9 Å². The molecule has 15 nitrogen and oxygen atoms in total. The Hall–Kier alpha value is -3.30. The number of carboxylic acids is 1. The van der Waals surface area contributed by atoms with E-state index in [0.29, 0.717) is 26.1 Å². The predicted molar refractivity (Wildman–Crippen MR) is 121 cm³/mol. The number of nitrogens with two attached hydrogens (primary N) is 3. The van der Waals surface area contributed by atoms with Crippen LogP contribution in [0.2, 0.25) is 0 Å². The molecule has 0 aliphatic carbocycles. The lowest BCUT2D eigenvalue weighted by Gasteiger charge is -2.40. The van der Waals surface area contributed by atoms with Gasteiger partial charge in [0.1, 0.15) is 6.10 Å². The Labute approximate surface area is 196 Å². The number of nitrogens with one attached hydrogen (secondary N) is 3. The Morgan fingerprint density at radius 1 is 1.21 bits per heavy atom. The highest BCUT2D eigenvalue weighted by atomic mass is 16.6. The zero-order chi connectivity index (χ0) is 25.7. The summed E-state index contributed by atoms with van der Waals surface area (Å²) >= 11 is 0. The quantitative estimate of drug-likeness (QED) is 0.0708. The van der Waals surface area contributed by atoms with E-state index in [1.54, 1.807) is 0 Å². The SMILES string of the molecule is C[C@H](CO)[C@@H](OC(=O)NCCCCNCCN)[C@@H]1OC(C(=O)O)=C[C@H](N=C(N)N)[C@H]1NC(=O)O. The first kappa shape index (κ1) is 28.7. The monoisotopic (exact) mass is 489 g/mol. The lowest BCUT2D eigenvalue weighted by molar-refractivity contribution is -0.142. The van der Waals surface area contributed by atoms with E-state index in [9.17, 15) is 29.7 Å². The van der Waals surface area contributed by atoms with Crippen LogP contribution in [0.4, 0.5) is 9.59 Å². The van der Waals surface area contributed by atoms with Crippen LogP contribution in [0.1, 0.15) is 19.8 Å². The smallest absolute Gasteiger partial charge is 0.407 e. The largest absolute Gasteiger partial charge is 0.477 e. The van der Waals surface area contributed by atoms with Crippen molar-refractivity contribution in [3.8, 4) is 0 Å². The number of hydrogen-bond donors (Lipinski definition) is 9. The van der Waals surface area contributed by atoms with Crippen molar-refractivity contribution in [1.82, 2.24) is 16.0 Å². The van der Waals surface area contributed by atoms with Crippen LogP contribution in [0.5, 0.6) is 0 Å². The van der Waals surface area contributed by atoms with E-state index in [1.807, 2.05) is 0 Å². The maximum Gasteiger partial charge on any atom is 0.407 e. The van der Waals surface area contributed by atoms with E-state index in [2.05, 4.69) is 20.9 Å². The molecule has 1 rings (SSSR count). The number of carbonyl (C=O) groups is 3. The Kier molecular flexibility index (Phi) is 12.5. The number of aliphatic hydroxyl groups excluding tert-OH is 1. The van der Waals surface area contributed by atoms with Crippen LogP contribution < -0.4 is 33.2 Å². The molecule has 1 heterocycles. The Morgan fingerprint density at radius 3 is 2.44 bits per heavy atom. The second kappa shape index (κ2) is 14.8. The van der Waals surface area contributed by atoms with Gasteiger partial charge in [0.25, 0.3) is 0 Å². The number of rotatable bonds is 14. The summed E-state index contributed by atoms with van der Waals surface area (Å²) < 4.78 is 10.9. The standard InChI is InChI=1S/C19H35N7O8/c1-10(9-27)14(34-19(32)24-6-3-2-5-23-7-4-20)15-13(26-18(30)31)11(25-17(21)22)8-12(33-15)16(28)29/h8,10-11,13-15,23,26-27H,2-7,9,20H2,1H3,(H,24,32)(H,28,29)(H,30,31)(H4,21,22,25)/t10-,11+,13-,14-,15-/m1/s1. The highest BCUT2D eigenvalue weighted by Gasteiger charge is 2.46. The van der Waals surface area contributed by atoms with Gasteiger partial charge in [-0.15, -0.1) is 0 Å². The average Bonchev–Trinajstić information content (AvgIpc) is 2.76. The van der Waals surface area contributed by atoms with E-state index in [4.69, 9.17) is 26.7 Å². The Balaban J connectivity index is 3.03. The molecule has 0 fully saturated rings. The average molecular weight is 490 g/mol. The van der Waals surface area contributed by atoms with E-state index in [0.717, 1.165) is 19.0 Å². The fraction of sp³-hybridized carbons (Fsp3) is 0.684. The van der Waals surface area contributed by atoms with Crippen LogP contribution in [0.25, 0.3) is 0 Å². The summed E-state index contributed by atoms with van der Waals surface area (Å²) in [6, 6.07) is -2.41. The third-order valence-electron chi connectivity index (χ3n) is 4.89. The summed E-state index contributed by atoms with van der Waals surface area (Å²) in [5.74, 6) is -3.21. The maximum absolute atomic E-state index is 12.4. The van der Waals surface area contributed by atoms with Crippen LogP contribution in [-0.4, -0.2) is 96.5 Å². The number of ether oxygens (including phenoxy) is 2. The van der Waals surface area contributed by atoms with Gasteiger partial charge in [-0.2, -0.15) is 0 Å². The van der Waals surface area contributed by atoms with Gasteiger partial charge >= 0.3 is 18.2 Å². The van der Waals surface area contributed by atoms with Gasteiger partial charge in [0, 0.05) is 32.2 Å². The number of unbranched alkanes of at least 4 members (excludes halogenated alkanes) is 1. The molecule has 1 aliphatic heterocycles. The molecule has 2 amide bonds. The minimum Gasteiger partial charge on any atom is -0.477 e. The van der Waals surface area contributed by atoms with Gasteiger partial charge in [-0.25, -0.2) is 19.4 Å². The lowest BCUT2D eigenvalue weighted by Crippen LogP contribution is -2.60. The molecule has 34 heavy (non-hydrogen) atoms. The van der Waals surface area contributed by atoms with Crippen molar-refractivity contribution in [2.75, 3.05) is 32.8 Å². The molecule has 5 atom stereocenters. The van der Waals surface area contributed by atoms with Gasteiger partial charge in [-0.1, -0.05) is 6.92 Å². The zero-order valence-electron chi connectivity index (χ0n) is 19.0. The van der Waals surface area contributed by atoms with E-state index in [1.165, 1.54) is 6.92 Å². The third kappa shape index (κ3) is 9.68. The van der Waals surface area contributed by atoms with Crippen molar-refractivity contribution in [2.45, 2.75) is 44.1 Å². The second-order valence-corrected chi connectivity index (χ2v) is 7.64.